The molecule has 0 radical (unpaired) electrons. The molecule has 232 valence electrons. The summed E-state index contributed by atoms with van der Waals surface area (Å²) in [7, 11) is 0. The Bertz CT molecular complexity index is 1530. The number of rotatable bonds is 9. The molecule has 0 saturated heterocycles. The SMILES string of the molecule is C=CCOc1cccc(C(C(=O)NC2CCCCC2)N(C(=O)C2(C)CCc3c(C)c(O)c(C)c(C)c3O2)c2ccccc2)c1. The van der Waals surface area contributed by atoms with E-state index in [4.69, 9.17) is 9.47 Å². The Morgan fingerprint density at radius 3 is 2.50 bits per heavy atom. The summed E-state index contributed by atoms with van der Waals surface area (Å²) in [6, 6.07) is 15.8. The number of carbonyl (C=O) groups is 2. The zero-order valence-electron chi connectivity index (χ0n) is 26.3. The van der Waals surface area contributed by atoms with Crippen molar-refractivity contribution in [3.63, 3.8) is 0 Å². The van der Waals surface area contributed by atoms with Crippen LogP contribution in [0.25, 0.3) is 0 Å². The van der Waals surface area contributed by atoms with Gasteiger partial charge in [0.05, 0.1) is 0 Å². The number of phenolic OH excluding ortho intramolecular Hbond substituents is 1. The van der Waals surface area contributed by atoms with Crippen LogP contribution in [-0.4, -0.2) is 35.2 Å². The minimum absolute atomic E-state index is 0.0568. The number of nitrogens with one attached hydrogen (secondary N) is 1. The predicted octanol–water partition coefficient (Wildman–Crippen LogP) is 7.19. The number of phenols is 1. The van der Waals surface area contributed by atoms with E-state index in [-0.39, 0.29) is 23.6 Å². The second-order valence-corrected chi connectivity index (χ2v) is 12.3. The van der Waals surface area contributed by atoms with Gasteiger partial charge in [0.1, 0.15) is 29.9 Å². The predicted molar refractivity (Wildman–Crippen MR) is 173 cm³/mol. The number of para-hydroxylation sites is 1. The van der Waals surface area contributed by atoms with Gasteiger partial charge in [0, 0.05) is 23.7 Å². The molecule has 2 atom stereocenters. The van der Waals surface area contributed by atoms with Gasteiger partial charge < -0.3 is 19.9 Å². The molecule has 5 rings (SSSR count). The highest BCUT2D eigenvalue weighted by Gasteiger charge is 2.47. The van der Waals surface area contributed by atoms with E-state index in [1.54, 1.807) is 11.0 Å². The van der Waals surface area contributed by atoms with Gasteiger partial charge in [0.2, 0.25) is 5.91 Å². The summed E-state index contributed by atoms with van der Waals surface area (Å²) in [5.74, 6) is 0.953. The zero-order valence-corrected chi connectivity index (χ0v) is 26.3. The van der Waals surface area contributed by atoms with Crippen molar-refractivity contribution in [2.24, 2.45) is 0 Å². The van der Waals surface area contributed by atoms with Crippen LogP contribution in [0.5, 0.6) is 17.2 Å². The Hall–Kier alpha value is -4.26. The summed E-state index contributed by atoms with van der Waals surface area (Å²) in [5.41, 5.74) is 3.22. The molecule has 7 heteroatoms. The van der Waals surface area contributed by atoms with E-state index in [9.17, 15) is 14.7 Å². The van der Waals surface area contributed by atoms with Crippen LogP contribution in [-0.2, 0) is 16.0 Å². The van der Waals surface area contributed by atoms with Crippen LogP contribution in [0.4, 0.5) is 5.69 Å². The van der Waals surface area contributed by atoms with Crippen molar-refractivity contribution in [3.8, 4) is 17.2 Å². The first kappa shape index (κ1) is 31.2. The van der Waals surface area contributed by atoms with Crippen LogP contribution in [0.2, 0.25) is 0 Å². The standard InChI is InChI=1S/C37H44N2O5/c1-6-22-43-30-19-13-14-27(23-30)32(35(41)38-28-15-9-7-10-16-28)39(29-17-11-8-12-18-29)36(42)37(5)21-20-31-26(4)33(40)24(2)25(3)34(31)44-37/h6,8,11-14,17-19,23,28,32,40H,1,7,9-10,15-16,20-22H2,2-5H3,(H,38,41). The van der Waals surface area contributed by atoms with E-state index in [0.29, 0.717) is 42.2 Å². The van der Waals surface area contributed by atoms with E-state index in [0.717, 1.165) is 47.9 Å². The quantitative estimate of drug-likeness (QED) is 0.255. The molecule has 3 aromatic carbocycles. The molecule has 0 aromatic heterocycles. The van der Waals surface area contributed by atoms with Crippen LogP contribution in [0, 0.1) is 20.8 Å². The van der Waals surface area contributed by atoms with Crippen molar-refractivity contribution in [2.75, 3.05) is 11.5 Å². The Labute approximate surface area is 260 Å². The molecule has 3 aromatic rings. The summed E-state index contributed by atoms with van der Waals surface area (Å²) in [5, 5.41) is 14.0. The van der Waals surface area contributed by atoms with Crippen molar-refractivity contribution in [3.05, 3.63) is 95.1 Å². The lowest BCUT2D eigenvalue weighted by Crippen LogP contribution is -2.56. The van der Waals surface area contributed by atoms with Gasteiger partial charge in [-0.1, -0.05) is 62.2 Å². The van der Waals surface area contributed by atoms with Crippen molar-refractivity contribution in [1.29, 1.82) is 0 Å². The normalized spacial score (nSPS) is 18.8. The molecule has 2 N–H and O–H groups in total. The lowest BCUT2D eigenvalue weighted by atomic mass is 9.85. The molecule has 2 amide bonds. The Morgan fingerprint density at radius 2 is 1.80 bits per heavy atom. The highest BCUT2D eigenvalue weighted by atomic mass is 16.5. The summed E-state index contributed by atoms with van der Waals surface area (Å²) in [6.45, 7) is 11.5. The molecule has 0 bridgehead atoms. The van der Waals surface area contributed by atoms with Crippen molar-refractivity contribution < 1.29 is 24.2 Å². The summed E-state index contributed by atoms with van der Waals surface area (Å²) < 4.78 is 12.5. The van der Waals surface area contributed by atoms with Crippen LogP contribution in [0.1, 0.15) is 79.3 Å². The van der Waals surface area contributed by atoms with Gasteiger partial charge in [0.15, 0.2) is 5.60 Å². The number of carbonyl (C=O) groups excluding carboxylic acids is 2. The number of nitrogens with zero attached hydrogens (tertiary/aromatic N) is 1. The maximum Gasteiger partial charge on any atom is 0.271 e. The van der Waals surface area contributed by atoms with Crippen molar-refractivity contribution >= 4 is 17.5 Å². The lowest BCUT2D eigenvalue weighted by Gasteiger charge is -2.42. The van der Waals surface area contributed by atoms with Crippen molar-refractivity contribution in [1.82, 2.24) is 5.32 Å². The smallest absolute Gasteiger partial charge is 0.271 e. The molecule has 44 heavy (non-hydrogen) atoms. The van der Waals surface area contributed by atoms with Crippen LogP contribution in [0.15, 0.2) is 67.3 Å². The molecular formula is C37H44N2O5. The highest BCUT2D eigenvalue weighted by Crippen LogP contribution is 2.45. The topological polar surface area (TPSA) is 88.1 Å². The summed E-state index contributed by atoms with van der Waals surface area (Å²) in [6.07, 6.45) is 7.77. The van der Waals surface area contributed by atoms with Crippen molar-refractivity contribution in [2.45, 2.75) is 90.3 Å². The van der Waals surface area contributed by atoms with Gasteiger partial charge in [-0.3, -0.25) is 14.5 Å². The number of amides is 2. The maximum absolute atomic E-state index is 15.0. The monoisotopic (exact) mass is 596 g/mol. The van der Waals surface area contributed by atoms with Gasteiger partial charge in [-0.05, 0) is 93.5 Å². The van der Waals surface area contributed by atoms with Crippen LogP contribution in [0.3, 0.4) is 0 Å². The zero-order chi connectivity index (χ0) is 31.4. The Morgan fingerprint density at radius 1 is 1.07 bits per heavy atom. The molecule has 1 heterocycles. The highest BCUT2D eigenvalue weighted by molar-refractivity contribution is 6.05. The molecule has 1 fully saturated rings. The number of aromatic hydroxyl groups is 1. The number of ether oxygens (including phenoxy) is 2. The van der Waals surface area contributed by atoms with Gasteiger partial charge in [-0.2, -0.15) is 0 Å². The van der Waals surface area contributed by atoms with Crippen LogP contribution >= 0.6 is 0 Å². The second-order valence-electron chi connectivity index (χ2n) is 12.3. The fourth-order valence-electron chi connectivity index (χ4n) is 6.50. The summed E-state index contributed by atoms with van der Waals surface area (Å²) >= 11 is 0. The number of hydrogen-bond donors (Lipinski definition) is 2. The first-order valence-electron chi connectivity index (χ1n) is 15.7. The minimum atomic E-state index is -1.26. The molecule has 7 nitrogen and oxygen atoms in total. The van der Waals surface area contributed by atoms with E-state index < -0.39 is 11.6 Å². The van der Waals surface area contributed by atoms with Gasteiger partial charge in [0.25, 0.3) is 5.91 Å². The molecule has 2 aliphatic rings. The van der Waals surface area contributed by atoms with Gasteiger partial charge >= 0.3 is 0 Å². The van der Waals surface area contributed by atoms with E-state index >= 15 is 0 Å². The summed E-state index contributed by atoms with van der Waals surface area (Å²) in [4.78, 5) is 31.0. The van der Waals surface area contributed by atoms with Crippen LogP contribution < -0.4 is 19.7 Å². The van der Waals surface area contributed by atoms with Gasteiger partial charge in [-0.25, -0.2) is 0 Å². The fourth-order valence-corrected chi connectivity index (χ4v) is 6.50. The molecule has 2 unspecified atom stereocenters. The number of benzene rings is 3. The number of fused-ring (bicyclic) bond motifs is 1. The van der Waals surface area contributed by atoms with E-state index in [1.165, 1.54) is 6.42 Å². The third-order valence-corrected chi connectivity index (χ3v) is 9.22. The molecule has 0 spiro atoms. The molecule has 1 aliphatic heterocycles. The Balaban J connectivity index is 1.60. The second kappa shape index (κ2) is 13.2. The lowest BCUT2D eigenvalue weighted by molar-refractivity contribution is -0.137. The number of hydrogen-bond acceptors (Lipinski definition) is 5. The fraction of sp³-hybridized carbons (Fsp3) is 0.405. The molecule has 1 saturated carbocycles. The minimum Gasteiger partial charge on any atom is -0.507 e. The average Bonchev–Trinajstić information content (AvgIpc) is 3.04. The van der Waals surface area contributed by atoms with Gasteiger partial charge in [-0.15, -0.1) is 0 Å². The first-order chi connectivity index (χ1) is 21.1. The van der Waals surface area contributed by atoms with E-state index in [2.05, 4.69) is 11.9 Å². The molecule has 1 aliphatic carbocycles. The third kappa shape index (κ3) is 6.19. The maximum atomic E-state index is 15.0. The third-order valence-electron chi connectivity index (χ3n) is 9.22. The van der Waals surface area contributed by atoms with E-state index in [1.807, 2.05) is 82.3 Å². The Kier molecular flexibility index (Phi) is 9.33. The largest absolute Gasteiger partial charge is 0.507 e. The number of anilines is 1. The molecular weight excluding hydrogens is 552 g/mol. The first-order valence-corrected chi connectivity index (χ1v) is 15.7. The average molecular weight is 597 g/mol.